The second kappa shape index (κ2) is 3.89. The molecule has 1 N–H and O–H groups in total. The summed E-state index contributed by atoms with van der Waals surface area (Å²) >= 11 is 0. The summed E-state index contributed by atoms with van der Waals surface area (Å²) in [5.41, 5.74) is 0.984. The second-order valence-corrected chi connectivity index (χ2v) is 2.88. The first-order valence-corrected chi connectivity index (χ1v) is 4.05. The van der Waals surface area contributed by atoms with E-state index in [2.05, 4.69) is 17.0 Å². The van der Waals surface area contributed by atoms with Gasteiger partial charge in [0.25, 0.3) is 0 Å². The van der Waals surface area contributed by atoms with Crippen LogP contribution in [0.15, 0.2) is 25.0 Å². The molecule has 4 nitrogen and oxygen atoms in total. The number of carbonyl (C=O) groups is 1. The predicted molar refractivity (Wildman–Crippen MR) is 50.0 cm³/mol. The van der Waals surface area contributed by atoms with Crippen LogP contribution in [-0.2, 0) is 11.8 Å². The van der Waals surface area contributed by atoms with Crippen molar-refractivity contribution in [1.29, 1.82) is 0 Å². The lowest BCUT2D eigenvalue weighted by molar-refractivity contribution is -0.117. The number of nitrogens with zero attached hydrogens (tertiary/aromatic N) is 2. The first kappa shape index (κ1) is 9.51. The standard InChI is InChI=1S/C9H13N3O/c1-4-9(13)11-7(2)8-5-10-12(3)6-8/h4-7H,1H2,2-3H3,(H,11,13). The SMILES string of the molecule is C=CC(=O)NC(C)c1cnn(C)c1. The normalized spacial score (nSPS) is 12.2. The second-order valence-electron chi connectivity index (χ2n) is 2.88. The highest BCUT2D eigenvalue weighted by atomic mass is 16.1. The van der Waals surface area contributed by atoms with Gasteiger partial charge in [0.2, 0.25) is 5.91 Å². The summed E-state index contributed by atoms with van der Waals surface area (Å²) in [7, 11) is 1.84. The van der Waals surface area contributed by atoms with Crippen molar-refractivity contribution >= 4 is 5.91 Å². The van der Waals surface area contributed by atoms with E-state index >= 15 is 0 Å². The lowest BCUT2D eigenvalue weighted by Gasteiger charge is -2.09. The zero-order valence-electron chi connectivity index (χ0n) is 7.82. The topological polar surface area (TPSA) is 46.9 Å². The molecule has 1 unspecified atom stereocenters. The number of rotatable bonds is 3. The third-order valence-electron chi connectivity index (χ3n) is 1.77. The number of hydrogen-bond acceptors (Lipinski definition) is 2. The van der Waals surface area contributed by atoms with E-state index in [4.69, 9.17) is 0 Å². The number of aromatic nitrogens is 2. The van der Waals surface area contributed by atoms with E-state index in [9.17, 15) is 4.79 Å². The highest BCUT2D eigenvalue weighted by Crippen LogP contribution is 2.09. The van der Waals surface area contributed by atoms with Crippen molar-refractivity contribution in [3.63, 3.8) is 0 Å². The van der Waals surface area contributed by atoms with Gasteiger partial charge in [-0.1, -0.05) is 6.58 Å². The fourth-order valence-corrected chi connectivity index (χ4v) is 1.02. The molecule has 1 rings (SSSR count). The van der Waals surface area contributed by atoms with E-state index in [1.165, 1.54) is 6.08 Å². The average Bonchev–Trinajstić information content (AvgIpc) is 2.51. The van der Waals surface area contributed by atoms with Crippen molar-refractivity contribution < 1.29 is 4.79 Å². The van der Waals surface area contributed by atoms with Crippen LogP contribution in [-0.4, -0.2) is 15.7 Å². The maximum atomic E-state index is 10.9. The first-order valence-electron chi connectivity index (χ1n) is 4.05. The Bertz CT molecular complexity index is 316. The van der Waals surface area contributed by atoms with Crippen molar-refractivity contribution in [2.75, 3.05) is 0 Å². The van der Waals surface area contributed by atoms with Gasteiger partial charge in [-0.3, -0.25) is 9.48 Å². The molecule has 0 aliphatic heterocycles. The van der Waals surface area contributed by atoms with Crippen LogP contribution in [0.4, 0.5) is 0 Å². The molecule has 1 amide bonds. The van der Waals surface area contributed by atoms with E-state index in [1.807, 2.05) is 20.2 Å². The summed E-state index contributed by atoms with van der Waals surface area (Å²) in [6.07, 6.45) is 4.86. The molecule has 0 aliphatic carbocycles. The number of carbonyl (C=O) groups excluding carboxylic acids is 1. The van der Waals surface area contributed by atoms with Gasteiger partial charge in [-0.15, -0.1) is 0 Å². The van der Waals surface area contributed by atoms with Crippen LogP contribution in [0.2, 0.25) is 0 Å². The van der Waals surface area contributed by atoms with Crippen LogP contribution < -0.4 is 5.32 Å². The monoisotopic (exact) mass is 179 g/mol. The Balaban J connectivity index is 2.63. The van der Waals surface area contributed by atoms with E-state index in [1.54, 1.807) is 10.9 Å². The van der Waals surface area contributed by atoms with Crippen LogP contribution in [0.25, 0.3) is 0 Å². The summed E-state index contributed by atoms with van der Waals surface area (Å²) in [6, 6.07) is -0.0285. The lowest BCUT2D eigenvalue weighted by atomic mass is 10.2. The van der Waals surface area contributed by atoms with Crippen LogP contribution in [0, 0.1) is 0 Å². The number of hydrogen-bond donors (Lipinski definition) is 1. The Hall–Kier alpha value is -1.58. The molecule has 0 aliphatic rings. The van der Waals surface area contributed by atoms with Gasteiger partial charge in [0.05, 0.1) is 12.2 Å². The van der Waals surface area contributed by atoms with Crippen LogP contribution in [0.1, 0.15) is 18.5 Å². The van der Waals surface area contributed by atoms with Crippen LogP contribution in [0.5, 0.6) is 0 Å². The molecule has 0 spiro atoms. The molecule has 1 heterocycles. The third kappa shape index (κ3) is 2.43. The van der Waals surface area contributed by atoms with Gasteiger partial charge in [0.1, 0.15) is 0 Å². The molecule has 0 aromatic carbocycles. The Morgan fingerprint density at radius 2 is 2.54 bits per heavy atom. The Morgan fingerprint density at radius 1 is 1.85 bits per heavy atom. The molecule has 13 heavy (non-hydrogen) atoms. The molecule has 1 atom stereocenters. The van der Waals surface area contributed by atoms with Gasteiger partial charge in [-0.05, 0) is 13.0 Å². The minimum absolute atomic E-state index is 0.0285. The number of nitrogens with one attached hydrogen (secondary N) is 1. The molecule has 0 radical (unpaired) electrons. The largest absolute Gasteiger partial charge is 0.346 e. The maximum Gasteiger partial charge on any atom is 0.243 e. The number of amides is 1. The smallest absolute Gasteiger partial charge is 0.243 e. The molecule has 0 bridgehead atoms. The Labute approximate surface area is 77.3 Å². The molecule has 4 heteroatoms. The highest BCUT2D eigenvalue weighted by molar-refractivity contribution is 5.87. The van der Waals surface area contributed by atoms with Crippen molar-refractivity contribution in [2.45, 2.75) is 13.0 Å². The average molecular weight is 179 g/mol. The van der Waals surface area contributed by atoms with E-state index in [0.717, 1.165) is 5.56 Å². The third-order valence-corrected chi connectivity index (χ3v) is 1.77. The molecular weight excluding hydrogens is 166 g/mol. The van der Waals surface area contributed by atoms with E-state index in [-0.39, 0.29) is 11.9 Å². The number of aryl methyl sites for hydroxylation is 1. The van der Waals surface area contributed by atoms with Gasteiger partial charge in [-0.25, -0.2) is 0 Å². The fraction of sp³-hybridized carbons (Fsp3) is 0.333. The van der Waals surface area contributed by atoms with Gasteiger partial charge in [0, 0.05) is 18.8 Å². The summed E-state index contributed by atoms with van der Waals surface area (Å²) in [5.74, 6) is -0.170. The van der Waals surface area contributed by atoms with Gasteiger partial charge in [0.15, 0.2) is 0 Å². The molecular formula is C9H13N3O. The van der Waals surface area contributed by atoms with Gasteiger partial charge >= 0.3 is 0 Å². The summed E-state index contributed by atoms with van der Waals surface area (Å²) in [5, 5.41) is 6.76. The van der Waals surface area contributed by atoms with E-state index < -0.39 is 0 Å². The zero-order chi connectivity index (χ0) is 9.84. The van der Waals surface area contributed by atoms with Crippen molar-refractivity contribution in [3.8, 4) is 0 Å². The summed E-state index contributed by atoms with van der Waals surface area (Å²) < 4.78 is 1.70. The minimum atomic E-state index is -0.170. The van der Waals surface area contributed by atoms with Crippen LogP contribution in [0.3, 0.4) is 0 Å². The zero-order valence-corrected chi connectivity index (χ0v) is 7.82. The van der Waals surface area contributed by atoms with Gasteiger partial charge < -0.3 is 5.32 Å². The summed E-state index contributed by atoms with van der Waals surface area (Å²) in [6.45, 7) is 5.28. The Morgan fingerprint density at radius 3 is 3.00 bits per heavy atom. The summed E-state index contributed by atoms with van der Waals surface area (Å²) in [4.78, 5) is 10.9. The minimum Gasteiger partial charge on any atom is -0.346 e. The van der Waals surface area contributed by atoms with Crippen LogP contribution >= 0.6 is 0 Å². The Kier molecular flexibility index (Phi) is 2.84. The first-order chi connectivity index (χ1) is 6.13. The molecule has 0 saturated heterocycles. The molecule has 0 fully saturated rings. The van der Waals surface area contributed by atoms with E-state index in [0.29, 0.717) is 0 Å². The predicted octanol–water partition coefficient (Wildman–Crippen LogP) is 0.783. The fourth-order valence-electron chi connectivity index (χ4n) is 1.02. The van der Waals surface area contributed by atoms with Gasteiger partial charge in [-0.2, -0.15) is 5.10 Å². The lowest BCUT2D eigenvalue weighted by Crippen LogP contribution is -2.24. The molecule has 70 valence electrons. The quantitative estimate of drug-likeness (QED) is 0.697. The van der Waals surface area contributed by atoms with Crippen molar-refractivity contribution in [3.05, 3.63) is 30.6 Å². The van der Waals surface area contributed by atoms with Crippen molar-refractivity contribution in [1.82, 2.24) is 15.1 Å². The molecule has 1 aromatic heterocycles. The molecule has 0 saturated carbocycles. The maximum absolute atomic E-state index is 10.9. The molecule has 1 aromatic rings. The van der Waals surface area contributed by atoms with Crippen molar-refractivity contribution in [2.24, 2.45) is 7.05 Å². The highest BCUT2D eigenvalue weighted by Gasteiger charge is 2.08.